The van der Waals surface area contributed by atoms with E-state index in [0.29, 0.717) is 12.6 Å². The number of ether oxygens (including phenoxy) is 1. The smallest absolute Gasteiger partial charge is 0.0772 e. The molecule has 0 saturated heterocycles. The van der Waals surface area contributed by atoms with Crippen LogP contribution in [0, 0.1) is 0 Å². The number of aliphatic hydroxyl groups excluding tert-OH is 1. The van der Waals surface area contributed by atoms with Crippen LogP contribution in [-0.2, 0) is 4.74 Å². The monoisotopic (exact) mass is 315 g/mol. The number of hydrogen-bond acceptors (Lipinski definition) is 3. The molecule has 0 saturated carbocycles. The number of benzene rings is 1. The SMILES string of the molecule is CCN(c1ccc([C@@H](C)O)c(Br)c1)C(C)COC. The van der Waals surface area contributed by atoms with E-state index in [9.17, 15) is 5.11 Å². The molecule has 1 aromatic rings. The number of hydrogen-bond donors (Lipinski definition) is 1. The fraction of sp³-hybridized carbons (Fsp3) is 0.571. The zero-order chi connectivity index (χ0) is 13.7. The van der Waals surface area contributed by atoms with Crippen molar-refractivity contribution in [1.29, 1.82) is 0 Å². The first kappa shape index (κ1) is 15.5. The maximum absolute atomic E-state index is 9.62. The second-order valence-corrected chi connectivity index (χ2v) is 5.33. The summed E-state index contributed by atoms with van der Waals surface area (Å²) >= 11 is 3.52. The van der Waals surface area contributed by atoms with Crippen LogP contribution in [0.25, 0.3) is 0 Å². The molecule has 0 aliphatic rings. The first-order valence-corrected chi connectivity index (χ1v) is 7.03. The lowest BCUT2D eigenvalue weighted by Gasteiger charge is -2.30. The molecule has 0 fully saturated rings. The number of methoxy groups -OCH3 is 1. The van der Waals surface area contributed by atoms with E-state index in [1.165, 1.54) is 0 Å². The third-order valence-corrected chi connectivity index (χ3v) is 3.73. The molecule has 2 atom stereocenters. The largest absolute Gasteiger partial charge is 0.389 e. The molecule has 0 amide bonds. The number of halogens is 1. The van der Waals surface area contributed by atoms with Crippen LogP contribution in [-0.4, -0.2) is 31.4 Å². The molecule has 102 valence electrons. The second-order valence-electron chi connectivity index (χ2n) is 4.47. The van der Waals surface area contributed by atoms with Gasteiger partial charge in [-0.25, -0.2) is 0 Å². The van der Waals surface area contributed by atoms with Crippen LogP contribution in [0.5, 0.6) is 0 Å². The molecule has 1 rings (SSSR count). The van der Waals surface area contributed by atoms with Crippen molar-refractivity contribution >= 4 is 21.6 Å². The Hall–Kier alpha value is -0.580. The van der Waals surface area contributed by atoms with Crippen molar-refractivity contribution in [2.45, 2.75) is 32.9 Å². The molecule has 3 nitrogen and oxygen atoms in total. The average molecular weight is 316 g/mol. The molecular formula is C14H22BrNO2. The molecule has 0 radical (unpaired) electrons. The standard InChI is InChI=1S/C14H22BrNO2/c1-5-16(10(2)9-18-4)12-6-7-13(11(3)17)14(15)8-12/h6-8,10-11,17H,5,9H2,1-4H3/t10?,11-/m1/s1. The lowest BCUT2D eigenvalue weighted by atomic mass is 10.1. The first-order valence-electron chi connectivity index (χ1n) is 6.24. The lowest BCUT2D eigenvalue weighted by Crippen LogP contribution is -2.36. The van der Waals surface area contributed by atoms with E-state index in [2.05, 4.69) is 40.7 Å². The van der Waals surface area contributed by atoms with Gasteiger partial charge in [-0.1, -0.05) is 22.0 Å². The number of nitrogens with zero attached hydrogens (tertiary/aromatic N) is 1. The summed E-state index contributed by atoms with van der Waals surface area (Å²) in [7, 11) is 1.72. The molecule has 1 unspecified atom stereocenters. The van der Waals surface area contributed by atoms with Crippen molar-refractivity contribution in [3.05, 3.63) is 28.2 Å². The fourth-order valence-electron chi connectivity index (χ4n) is 2.11. The molecule has 0 bridgehead atoms. The van der Waals surface area contributed by atoms with Crippen molar-refractivity contribution < 1.29 is 9.84 Å². The summed E-state index contributed by atoms with van der Waals surface area (Å²) in [4.78, 5) is 2.28. The maximum Gasteiger partial charge on any atom is 0.0772 e. The Morgan fingerprint density at radius 3 is 2.50 bits per heavy atom. The third kappa shape index (κ3) is 3.70. The maximum atomic E-state index is 9.62. The minimum Gasteiger partial charge on any atom is -0.389 e. The highest BCUT2D eigenvalue weighted by molar-refractivity contribution is 9.10. The Kier molecular flexibility index (Phi) is 6.12. The third-order valence-electron chi connectivity index (χ3n) is 3.05. The van der Waals surface area contributed by atoms with Crippen LogP contribution in [0.2, 0.25) is 0 Å². The molecule has 0 spiro atoms. The highest BCUT2D eigenvalue weighted by Gasteiger charge is 2.14. The molecular weight excluding hydrogens is 294 g/mol. The van der Waals surface area contributed by atoms with Gasteiger partial charge >= 0.3 is 0 Å². The van der Waals surface area contributed by atoms with E-state index in [-0.39, 0.29) is 0 Å². The van der Waals surface area contributed by atoms with Crippen LogP contribution in [0.4, 0.5) is 5.69 Å². The Bertz CT molecular complexity index is 382. The van der Waals surface area contributed by atoms with E-state index in [1.54, 1.807) is 14.0 Å². The molecule has 0 aromatic heterocycles. The van der Waals surface area contributed by atoms with Gasteiger partial charge in [0.05, 0.1) is 12.7 Å². The van der Waals surface area contributed by atoms with Gasteiger partial charge in [0.25, 0.3) is 0 Å². The van der Waals surface area contributed by atoms with E-state index in [1.807, 2.05) is 12.1 Å². The van der Waals surface area contributed by atoms with Gasteiger partial charge in [0, 0.05) is 29.9 Å². The molecule has 18 heavy (non-hydrogen) atoms. The first-order chi connectivity index (χ1) is 8.51. The van der Waals surface area contributed by atoms with Crippen LogP contribution in [0.3, 0.4) is 0 Å². The molecule has 4 heteroatoms. The van der Waals surface area contributed by atoms with Gasteiger partial charge in [-0.05, 0) is 38.5 Å². The molecule has 0 aliphatic heterocycles. The van der Waals surface area contributed by atoms with E-state index in [4.69, 9.17) is 4.74 Å². The fourth-order valence-corrected chi connectivity index (χ4v) is 2.81. The zero-order valence-corrected chi connectivity index (χ0v) is 13.1. The second kappa shape index (κ2) is 7.12. The summed E-state index contributed by atoms with van der Waals surface area (Å²) in [5.74, 6) is 0. The Morgan fingerprint density at radius 1 is 1.39 bits per heavy atom. The van der Waals surface area contributed by atoms with Gasteiger partial charge in [0.2, 0.25) is 0 Å². The van der Waals surface area contributed by atoms with Crippen LogP contribution < -0.4 is 4.90 Å². The lowest BCUT2D eigenvalue weighted by molar-refractivity contribution is 0.182. The minimum atomic E-state index is -0.458. The van der Waals surface area contributed by atoms with Gasteiger partial charge in [0.1, 0.15) is 0 Å². The van der Waals surface area contributed by atoms with Crippen LogP contribution in [0.15, 0.2) is 22.7 Å². The van der Waals surface area contributed by atoms with Gasteiger partial charge in [0.15, 0.2) is 0 Å². The summed E-state index contributed by atoms with van der Waals surface area (Å²) in [5.41, 5.74) is 2.05. The topological polar surface area (TPSA) is 32.7 Å². The predicted octanol–water partition coefficient (Wildman–Crippen LogP) is 3.36. The van der Waals surface area contributed by atoms with Crippen molar-refractivity contribution in [3.63, 3.8) is 0 Å². The number of likely N-dealkylation sites (N-methyl/N-ethyl adjacent to an activating group) is 1. The van der Waals surface area contributed by atoms with Gasteiger partial charge < -0.3 is 14.7 Å². The van der Waals surface area contributed by atoms with Gasteiger partial charge in [-0.15, -0.1) is 0 Å². The Balaban J connectivity index is 2.97. The highest BCUT2D eigenvalue weighted by Crippen LogP contribution is 2.29. The van der Waals surface area contributed by atoms with Crippen molar-refractivity contribution in [1.82, 2.24) is 0 Å². The number of aliphatic hydroxyl groups is 1. The average Bonchev–Trinajstić information content (AvgIpc) is 2.29. The normalized spacial score (nSPS) is 14.3. The van der Waals surface area contributed by atoms with Gasteiger partial charge in [-0.2, -0.15) is 0 Å². The highest BCUT2D eigenvalue weighted by atomic mass is 79.9. The summed E-state index contributed by atoms with van der Waals surface area (Å²) in [6, 6.07) is 6.39. The molecule has 0 aliphatic carbocycles. The van der Waals surface area contributed by atoms with Crippen LogP contribution in [0.1, 0.15) is 32.4 Å². The van der Waals surface area contributed by atoms with Crippen molar-refractivity contribution in [3.8, 4) is 0 Å². The summed E-state index contributed by atoms with van der Waals surface area (Å²) in [6.07, 6.45) is -0.458. The van der Waals surface area contributed by atoms with E-state index < -0.39 is 6.10 Å². The predicted molar refractivity (Wildman–Crippen MR) is 79.1 cm³/mol. The summed E-state index contributed by atoms with van der Waals surface area (Å²) in [6.45, 7) is 7.66. The van der Waals surface area contributed by atoms with Crippen LogP contribution >= 0.6 is 15.9 Å². The summed E-state index contributed by atoms with van der Waals surface area (Å²) in [5, 5.41) is 9.62. The molecule has 1 N–H and O–H groups in total. The van der Waals surface area contributed by atoms with Crippen molar-refractivity contribution in [2.24, 2.45) is 0 Å². The zero-order valence-electron chi connectivity index (χ0n) is 11.5. The van der Waals surface area contributed by atoms with E-state index in [0.717, 1.165) is 22.3 Å². The van der Waals surface area contributed by atoms with Gasteiger partial charge in [-0.3, -0.25) is 0 Å². The molecule has 0 heterocycles. The van der Waals surface area contributed by atoms with E-state index >= 15 is 0 Å². The molecule has 1 aromatic carbocycles. The minimum absolute atomic E-state index is 0.323. The Labute approximate surface area is 118 Å². The van der Waals surface area contributed by atoms with Crippen molar-refractivity contribution in [2.75, 3.05) is 25.2 Å². The number of rotatable bonds is 6. The number of anilines is 1. The Morgan fingerprint density at radius 2 is 2.06 bits per heavy atom. The quantitative estimate of drug-likeness (QED) is 0.873. The summed E-state index contributed by atoms with van der Waals surface area (Å²) < 4.78 is 6.15.